The molecular weight excluding hydrogens is 188 g/mol. The van der Waals surface area contributed by atoms with Crippen LogP contribution in [-0.4, -0.2) is 25.0 Å². The van der Waals surface area contributed by atoms with E-state index in [1.807, 2.05) is 0 Å². The smallest absolute Gasteiger partial charge is 0.234 e. The van der Waals surface area contributed by atoms with Crippen LogP contribution in [0.4, 0.5) is 0 Å². The van der Waals surface area contributed by atoms with Crippen molar-refractivity contribution in [2.75, 3.05) is 13.1 Å². The molecule has 0 atom stereocenters. The molecule has 2 fully saturated rings. The van der Waals surface area contributed by atoms with Crippen LogP contribution < -0.4 is 10.6 Å². The molecule has 0 aromatic rings. The van der Waals surface area contributed by atoms with Crippen LogP contribution in [0.5, 0.6) is 0 Å². The zero-order chi connectivity index (χ0) is 10.5. The number of rotatable bonds is 5. The Morgan fingerprint density at radius 2 is 1.80 bits per heavy atom. The van der Waals surface area contributed by atoms with E-state index in [-0.39, 0.29) is 5.91 Å². The quantitative estimate of drug-likeness (QED) is 0.721. The van der Waals surface area contributed by atoms with Crippen molar-refractivity contribution in [1.82, 2.24) is 10.6 Å². The van der Waals surface area contributed by atoms with Crippen molar-refractivity contribution >= 4 is 5.91 Å². The summed E-state index contributed by atoms with van der Waals surface area (Å²) in [6.07, 6.45) is 8.97. The highest BCUT2D eigenvalue weighted by Gasteiger charge is 2.18. The van der Waals surface area contributed by atoms with Gasteiger partial charge in [0, 0.05) is 6.04 Å². The minimum absolute atomic E-state index is 0.182. The molecule has 0 unspecified atom stereocenters. The highest BCUT2D eigenvalue weighted by atomic mass is 16.1. The predicted octanol–water partition coefficient (Wildman–Crippen LogP) is 1.43. The van der Waals surface area contributed by atoms with Crippen LogP contribution in [-0.2, 0) is 4.79 Å². The van der Waals surface area contributed by atoms with Gasteiger partial charge >= 0.3 is 0 Å². The normalized spacial score (nSPS) is 22.7. The molecule has 0 spiro atoms. The maximum atomic E-state index is 11.5. The van der Waals surface area contributed by atoms with Gasteiger partial charge in [-0.1, -0.05) is 19.3 Å². The Labute approximate surface area is 92.0 Å². The van der Waals surface area contributed by atoms with Gasteiger partial charge in [0.1, 0.15) is 0 Å². The average Bonchev–Trinajstić information content (AvgIpc) is 2.62. The van der Waals surface area contributed by atoms with Gasteiger partial charge in [0.15, 0.2) is 0 Å². The van der Waals surface area contributed by atoms with E-state index in [0.29, 0.717) is 12.6 Å². The third kappa shape index (κ3) is 3.49. The van der Waals surface area contributed by atoms with Crippen molar-refractivity contribution in [2.24, 2.45) is 5.92 Å². The molecule has 0 heterocycles. The van der Waals surface area contributed by atoms with E-state index in [9.17, 15) is 4.79 Å². The first-order chi connectivity index (χ1) is 7.34. The first-order valence-corrected chi connectivity index (χ1v) is 6.34. The lowest BCUT2D eigenvalue weighted by molar-refractivity contribution is -0.120. The highest BCUT2D eigenvalue weighted by molar-refractivity contribution is 5.78. The number of nitrogens with one attached hydrogen (secondary N) is 2. The fourth-order valence-electron chi connectivity index (χ4n) is 2.44. The molecule has 0 saturated heterocycles. The largest absolute Gasteiger partial charge is 0.352 e. The van der Waals surface area contributed by atoms with Crippen molar-refractivity contribution in [3.63, 3.8) is 0 Å². The van der Waals surface area contributed by atoms with Crippen molar-refractivity contribution in [3.05, 3.63) is 0 Å². The molecule has 2 saturated carbocycles. The van der Waals surface area contributed by atoms with E-state index in [1.54, 1.807) is 0 Å². The van der Waals surface area contributed by atoms with Gasteiger partial charge in [0.25, 0.3) is 0 Å². The molecule has 0 aliphatic heterocycles. The standard InChI is InChI=1S/C12H22N2O/c15-12(14-11-6-1-2-7-11)9-13-8-10-4-3-5-10/h10-11,13H,1-9H2,(H,14,15). The Morgan fingerprint density at radius 3 is 2.40 bits per heavy atom. The van der Waals surface area contributed by atoms with Gasteiger partial charge in [0.2, 0.25) is 5.91 Å². The number of hydrogen-bond donors (Lipinski definition) is 2. The maximum absolute atomic E-state index is 11.5. The van der Waals surface area contributed by atoms with Gasteiger partial charge in [-0.05, 0) is 38.1 Å². The summed E-state index contributed by atoms with van der Waals surface area (Å²) >= 11 is 0. The third-order valence-electron chi connectivity index (χ3n) is 3.66. The molecular formula is C12H22N2O. The number of carbonyl (C=O) groups is 1. The fourth-order valence-corrected chi connectivity index (χ4v) is 2.44. The van der Waals surface area contributed by atoms with Crippen LogP contribution in [0, 0.1) is 5.92 Å². The van der Waals surface area contributed by atoms with Crippen LogP contribution in [0.2, 0.25) is 0 Å². The fraction of sp³-hybridized carbons (Fsp3) is 0.917. The monoisotopic (exact) mass is 210 g/mol. The molecule has 2 rings (SSSR count). The summed E-state index contributed by atoms with van der Waals surface area (Å²) in [5, 5.41) is 6.34. The Balaban J connectivity index is 1.51. The summed E-state index contributed by atoms with van der Waals surface area (Å²) in [5.74, 6) is 1.02. The van der Waals surface area contributed by atoms with Crippen LogP contribution in [0.1, 0.15) is 44.9 Å². The van der Waals surface area contributed by atoms with Crippen LogP contribution in [0.3, 0.4) is 0 Å². The number of hydrogen-bond acceptors (Lipinski definition) is 2. The summed E-state index contributed by atoms with van der Waals surface area (Å²) in [6, 6.07) is 0.461. The van der Waals surface area contributed by atoms with Gasteiger partial charge in [-0.15, -0.1) is 0 Å². The molecule has 2 N–H and O–H groups in total. The zero-order valence-corrected chi connectivity index (χ0v) is 9.43. The molecule has 1 amide bonds. The minimum Gasteiger partial charge on any atom is -0.352 e. The number of amides is 1. The Bertz CT molecular complexity index is 208. The van der Waals surface area contributed by atoms with Crippen LogP contribution in [0.25, 0.3) is 0 Å². The van der Waals surface area contributed by atoms with Gasteiger partial charge in [0.05, 0.1) is 6.54 Å². The summed E-state index contributed by atoms with van der Waals surface area (Å²) in [7, 11) is 0. The Kier molecular flexibility index (Phi) is 4.01. The molecule has 86 valence electrons. The average molecular weight is 210 g/mol. The second-order valence-electron chi connectivity index (χ2n) is 4.98. The molecule has 0 radical (unpaired) electrons. The molecule has 2 aliphatic carbocycles. The molecule has 0 aromatic heterocycles. The molecule has 0 bridgehead atoms. The van der Waals surface area contributed by atoms with Crippen molar-refractivity contribution in [3.8, 4) is 0 Å². The van der Waals surface area contributed by atoms with E-state index < -0.39 is 0 Å². The SMILES string of the molecule is O=C(CNCC1CCC1)NC1CCCC1. The van der Waals surface area contributed by atoms with E-state index in [1.165, 1.54) is 44.9 Å². The first-order valence-electron chi connectivity index (χ1n) is 6.34. The lowest BCUT2D eigenvalue weighted by Gasteiger charge is -2.25. The summed E-state index contributed by atoms with van der Waals surface area (Å²) in [4.78, 5) is 11.5. The summed E-state index contributed by atoms with van der Waals surface area (Å²) in [6.45, 7) is 1.53. The molecule has 15 heavy (non-hydrogen) atoms. The number of carbonyl (C=O) groups excluding carboxylic acids is 1. The Morgan fingerprint density at radius 1 is 1.07 bits per heavy atom. The second kappa shape index (κ2) is 5.50. The summed E-state index contributed by atoms with van der Waals surface area (Å²) in [5.41, 5.74) is 0. The molecule has 0 aromatic carbocycles. The van der Waals surface area contributed by atoms with Gasteiger partial charge in [-0.3, -0.25) is 4.79 Å². The molecule has 2 aliphatic rings. The van der Waals surface area contributed by atoms with E-state index >= 15 is 0 Å². The topological polar surface area (TPSA) is 41.1 Å². The lowest BCUT2D eigenvalue weighted by atomic mass is 9.85. The Hall–Kier alpha value is -0.570. The van der Waals surface area contributed by atoms with Crippen molar-refractivity contribution in [2.45, 2.75) is 51.0 Å². The zero-order valence-electron chi connectivity index (χ0n) is 9.43. The predicted molar refractivity (Wildman–Crippen MR) is 60.6 cm³/mol. The third-order valence-corrected chi connectivity index (χ3v) is 3.66. The summed E-state index contributed by atoms with van der Waals surface area (Å²) < 4.78 is 0. The van der Waals surface area contributed by atoms with E-state index in [4.69, 9.17) is 0 Å². The minimum atomic E-state index is 0.182. The van der Waals surface area contributed by atoms with Gasteiger partial charge in [-0.25, -0.2) is 0 Å². The van der Waals surface area contributed by atoms with Crippen molar-refractivity contribution < 1.29 is 4.79 Å². The van der Waals surface area contributed by atoms with Crippen molar-refractivity contribution in [1.29, 1.82) is 0 Å². The van der Waals surface area contributed by atoms with Crippen LogP contribution in [0.15, 0.2) is 0 Å². The second-order valence-corrected chi connectivity index (χ2v) is 4.98. The lowest BCUT2D eigenvalue weighted by Crippen LogP contribution is -2.40. The first kappa shape index (κ1) is 10.9. The van der Waals surface area contributed by atoms with Gasteiger partial charge in [-0.2, -0.15) is 0 Å². The van der Waals surface area contributed by atoms with Gasteiger partial charge < -0.3 is 10.6 Å². The maximum Gasteiger partial charge on any atom is 0.234 e. The van der Waals surface area contributed by atoms with Crippen LogP contribution >= 0.6 is 0 Å². The van der Waals surface area contributed by atoms with E-state index in [2.05, 4.69) is 10.6 Å². The molecule has 3 heteroatoms. The van der Waals surface area contributed by atoms with E-state index in [0.717, 1.165) is 12.5 Å². The highest BCUT2D eigenvalue weighted by Crippen LogP contribution is 2.25. The molecule has 3 nitrogen and oxygen atoms in total.